The molecule has 3 aromatic rings. The molecule has 1 heterocycles. The summed E-state index contributed by atoms with van der Waals surface area (Å²) in [6, 6.07) is 12.9. The number of aromatic nitrogens is 2. The second kappa shape index (κ2) is 8.60. The molecule has 7 heteroatoms. The average molecular weight is 387 g/mol. The van der Waals surface area contributed by atoms with E-state index < -0.39 is 0 Å². The maximum absolute atomic E-state index is 6.37. The lowest BCUT2D eigenvalue weighted by Crippen LogP contribution is -1.95. The van der Waals surface area contributed by atoms with E-state index in [-0.39, 0.29) is 5.89 Å². The smallest absolute Gasteiger partial charge is 0.269 e. The van der Waals surface area contributed by atoms with Crippen molar-refractivity contribution in [1.82, 2.24) is 10.1 Å². The van der Waals surface area contributed by atoms with Gasteiger partial charge in [0.15, 0.2) is 11.5 Å². The molecule has 0 saturated heterocycles. The minimum absolute atomic E-state index is 0.213. The Labute approximate surface area is 162 Å². The molecule has 3 rings (SSSR count). The molecule has 0 N–H and O–H groups in total. The average Bonchev–Trinajstić information content (AvgIpc) is 3.19. The van der Waals surface area contributed by atoms with Gasteiger partial charge in [-0.2, -0.15) is 4.98 Å². The van der Waals surface area contributed by atoms with Crippen molar-refractivity contribution in [2.75, 3.05) is 20.8 Å². The van der Waals surface area contributed by atoms with Gasteiger partial charge in [-0.15, -0.1) is 0 Å². The summed E-state index contributed by atoms with van der Waals surface area (Å²) in [6.45, 7) is 2.47. The van der Waals surface area contributed by atoms with Crippen LogP contribution in [0.2, 0.25) is 0 Å². The minimum atomic E-state index is 0.213. The van der Waals surface area contributed by atoms with E-state index in [2.05, 4.69) is 10.1 Å². The summed E-state index contributed by atoms with van der Waals surface area (Å²) >= 11 is 6.37. The van der Waals surface area contributed by atoms with Crippen LogP contribution in [0.25, 0.3) is 22.5 Å². The summed E-state index contributed by atoms with van der Waals surface area (Å²) in [7, 11) is 3.18. The molecule has 0 bridgehead atoms. The van der Waals surface area contributed by atoms with Gasteiger partial charge in [0.2, 0.25) is 5.82 Å². The molecule has 0 aliphatic heterocycles. The van der Waals surface area contributed by atoms with Gasteiger partial charge in [0.25, 0.3) is 5.89 Å². The zero-order valence-electron chi connectivity index (χ0n) is 15.2. The molecule has 0 amide bonds. The van der Waals surface area contributed by atoms with Gasteiger partial charge in [0, 0.05) is 0 Å². The van der Waals surface area contributed by atoms with Gasteiger partial charge in [0.05, 0.1) is 26.4 Å². The Morgan fingerprint density at radius 1 is 1.07 bits per heavy atom. The van der Waals surface area contributed by atoms with E-state index >= 15 is 0 Å². The predicted molar refractivity (Wildman–Crippen MR) is 104 cm³/mol. The fraction of sp³-hybridized carbons (Fsp3) is 0.200. The Morgan fingerprint density at radius 3 is 2.59 bits per heavy atom. The SMILES string of the molecule is CCOc1ccc(/C=C(\Cl)c2nc(-c3ccccc3OC)no2)cc1OC. The topological polar surface area (TPSA) is 66.6 Å². The summed E-state index contributed by atoms with van der Waals surface area (Å²) in [5.74, 6) is 2.56. The molecular formula is C20H19ClN2O4. The van der Waals surface area contributed by atoms with E-state index in [1.54, 1.807) is 20.3 Å². The van der Waals surface area contributed by atoms with Crippen molar-refractivity contribution >= 4 is 22.7 Å². The molecule has 0 atom stereocenters. The normalized spacial score (nSPS) is 11.3. The van der Waals surface area contributed by atoms with E-state index in [4.69, 9.17) is 30.3 Å². The number of nitrogens with zero attached hydrogens (tertiary/aromatic N) is 2. The van der Waals surface area contributed by atoms with Crippen LogP contribution in [-0.4, -0.2) is 31.0 Å². The molecule has 140 valence electrons. The molecule has 0 radical (unpaired) electrons. The number of benzene rings is 2. The molecule has 27 heavy (non-hydrogen) atoms. The van der Waals surface area contributed by atoms with Crippen LogP contribution in [0, 0.1) is 0 Å². The monoisotopic (exact) mass is 386 g/mol. The number of hydrogen-bond acceptors (Lipinski definition) is 6. The highest BCUT2D eigenvalue weighted by molar-refractivity contribution is 6.50. The zero-order valence-corrected chi connectivity index (χ0v) is 16.0. The second-order valence-corrected chi connectivity index (χ2v) is 5.87. The molecule has 2 aromatic carbocycles. The van der Waals surface area contributed by atoms with E-state index in [0.717, 1.165) is 11.1 Å². The number of halogens is 1. The summed E-state index contributed by atoms with van der Waals surface area (Å²) in [6.07, 6.45) is 1.72. The molecule has 1 aromatic heterocycles. The van der Waals surface area contributed by atoms with Crippen LogP contribution < -0.4 is 14.2 Å². The van der Waals surface area contributed by atoms with E-state index in [9.17, 15) is 0 Å². The van der Waals surface area contributed by atoms with E-state index in [1.807, 2.05) is 49.4 Å². The fourth-order valence-electron chi connectivity index (χ4n) is 2.52. The third kappa shape index (κ3) is 4.23. The van der Waals surface area contributed by atoms with Gasteiger partial charge in [-0.1, -0.05) is 35.0 Å². The van der Waals surface area contributed by atoms with Gasteiger partial charge in [0.1, 0.15) is 10.8 Å². The van der Waals surface area contributed by atoms with Crippen LogP contribution in [0.1, 0.15) is 18.4 Å². The largest absolute Gasteiger partial charge is 0.496 e. The first-order chi connectivity index (χ1) is 13.2. The second-order valence-electron chi connectivity index (χ2n) is 5.46. The molecule has 0 fully saturated rings. The maximum Gasteiger partial charge on any atom is 0.269 e. The quantitative estimate of drug-likeness (QED) is 0.576. The van der Waals surface area contributed by atoms with E-state index in [1.165, 1.54) is 0 Å². The minimum Gasteiger partial charge on any atom is -0.496 e. The van der Waals surface area contributed by atoms with Crippen molar-refractivity contribution in [3.05, 3.63) is 53.9 Å². The van der Waals surface area contributed by atoms with E-state index in [0.29, 0.717) is 34.7 Å². The van der Waals surface area contributed by atoms with Gasteiger partial charge in [-0.3, -0.25) is 0 Å². The van der Waals surface area contributed by atoms with Crippen molar-refractivity contribution in [2.45, 2.75) is 6.92 Å². The van der Waals surface area contributed by atoms with Gasteiger partial charge in [-0.05, 0) is 42.8 Å². The molecule has 0 spiro atoms. The number of rotatable bonds is 7. The fourth-order valence-corrected chi connectivity index (χ4v) is 2.72. The molecule has 0 aliphatic rings. The van der Waals surface area contributed by atoms with Gasteiger partial charge < -0.3 is 18.7 Å². The Kier molecular flexibility index (Phi) is 5.98. The predicted octanol–water partition coefficient (Wildman–Crippen LogP) is 4.89. The molecule has 0 aliphatic carbocycles. The first-order valence-electron chi connectivity index (χ1n) is 8.31. The Bertz CT molecular complexity index is 953. The van der Waals surface area contributed by atoms with Crippen LogP contribution in [0.15, 0.2) is 47.0 Å². The van der Waals surface area contributed by atoms with Gasteiger partial charge >= 0.3 is 0 Å². The van der Waals surface area contributed by atoms with Crippen LogP contribution in [0.3, 0.4) is 0 Å². The summed E-state index contributed by atoms with van der Waals surface area (Å²) < 4.78 is 21.5. The van der Waals surface area contributed by atoms with Crippen molar-refractivity contribution < 1.29 is 18.7 Å². The number of para-hydroxylation sites is 1. The molecule has 0 saturated carbocycles. The number of ether oxygens (including phenoxy) is 3. The lowest BCUT2D eigenvalue weighted by molar-refractivity contribution is 0.311. The highest BCUT2D eigenvalue weighted by atomic mass is 35.5. The van der Waals surface area contributed by atoms with Crippen LogP contribution in [0.4, 0.5) is 0 Å². The summed E-state index contributed by atoms with van der Waals surface area (Å²) in [5.41, 5.74) is 1.54. The van der Waals surface area contributed by atoms with Crippen molar-refractivity contribution in [3.8, 4) is 28.6 Å². The lowest BCUT2D eigenvalue weighted by atomic mass is 10.2. The Morgan fingerprint density at radius 2 is 1.85 bits per heavy atom. The Balaban J connectivity index is 1.88. The molecule has 0 unspecified atom stereocenters. The van der Waals surface area contributed by atoms with Crippen molar-refractivity contribution in [2.24, 2.45) is 0 Å². The maximum atomic E-state index is 6.37. The van der Waals surface area contributed by atoms with Crippen LogP contribution in [0.5, 0.6) is 17.2 Å². The summed E-state index contributed by atoms with van der Waals surface area (Å²) in [5, 5.41) is 4.31. The molecule has 6 nitrogen and oxygen atoms in total. The third-order valence-electron chi connectivity index (χ3n) is 3.76. The summed E-state index contributed by atoms with van der Waals surface area (Å²) in [4.78, 5) is 4.36. The van der Waals surface area contributed by atoms with Crippen molar-refractivity contribution in [3.63, 3.8) is 0 Å². The highest BCUT2D eigenvalue weighted by Crippen LogP contribution is 2.32. The molecular weight excluding hydrogens is 368 g/mol. The first-order valence-corrected chi connectivity index (χ1v) is 8.69. The Hall–Kier alpha value is -2.99. The van der Waals surface area contributed by atoms with Crippen molar-refractivity contribution in [1.29, 1.82) is 0 Å². The number of methoxy groups -OCH3 is 2. The number of hydrogen-bond donors (Lipinski definition) is 0. The van der Waals surface area contributed by atoms with Crippen LogP contribution >= 0.6 is 11.6 Å². The lowest BCUT2D eigenvalue weighted by Gasteiger charge is -2.09. The zero-order chi connectivity index (χ0) is 19.2. The first kappa shape index (κ1) is 18.8. The van der Waals surface area contributed by atoms with Crippen LogP contribution in [-0.2, 0) is 0 Å². The standard InChI is InChI=1S/C20H19ClN2O4/c1-4-26-17-10-9-13(12-18(17)25-3)11-15(21)20-22-19(23-27-20)14-7-5-6-8-16(14)24-2/h5-12H,4H2,1-3H3/b15-11-. The van der Waals surface area contributed by atoms with Gasteiger partial charge in [-0.25, -0.2) is 0 Å². The highest BCUT2D eigenvalue weighted by Gasteiger charge is 2.15. The third-order valence-corrected chi connectivity index (χ3v) is 4.03.